The molecule has 1 aliphatic heterocycles. The van der Waals surface area contributed by atoms with Gasteiger partial charge in [-0.2, -0.15) is 0 Å². The maximum absolute atomic E-state index is 13.6. The number of rotatable bonds is 4. The molecule has 2 amide bonds. The Bertz CT molecular complexity index is 982. The van der Waals surface area contributed by atoms with Gasteiger partial charge in [-0.15, -0.1) is 0 Å². The monoisotopic (exact) mass is 417 g/mol. The minimum atomic E-state index is -0.807. The van der Waals surface area contributed by atoms with Crippen LogP contribution in [0.25, 0.3) is 0 Å². The molecule has 1 aromatic carbocycles. The first-order valence-corrected chi connectivity index (χ1v) is 9.67. The van der Waals surface area contributed by atoms with Crippen molar-refractivity contribution in [2.45, 2.75) is 53.7 Å². The molecular formula is C22H25F2N3O3. The first-order chi connectivity index (χ1) is 13.9. The van der Waals surface area contributed by atoms with Crippen molar-refractivity contribution in [2.24, 2.45) is 5.41 Å². The van der Waals surface area contributed by atoms with Crippen molar-refractivity contribution in [1.29, 1.82) is 0 Å². The fraction of sp³-hybridized carbons (Fsp3) is 0.409. The largest absolute Gasteiger partial charge is 0.477 e. The number of ether oxygens (including phenoxy) is 1. The van der Waals surface area contributed by atoms with Crippen molar-refractivity contribution >= 4 is 23.3 Å². The molecule has 1 unspecified atom stereocenters. The zero-order valence-electron chi connectivity index (χ0n) is 17.7. The Morgan fingerprint density at radius 1 is 1.20 bits per heavy atom. The lowest BCUT2D eigenvalue weighted by atomic mass is 9.92. The molecule has 2 heterocycles. The van der Waals surface area contributed by atoms with Crippen LogP contribution < -0.4 is 15.0 Å². The Morgan fingerprint density at radius 3 is 2.43 bits per heavy atom. The summed E-state index contributed by atoms with van der Waals surface area (Å²) in [5, 5.41) is 2.84. The highest BCUT2D eigenvalue weighted by molar-refractivity contribution is 5.99. The van der Waals surface area contributed by atoms with E-state index in [9.17, 15) is 18.4 Å². The van der Waals surface area contributed by atoms with Crippen LogP contribution in [0, 0.1) is 24.0 Å². The summed E-state index contributed by atoms with van der Waals surface area (Å²) in [6, 6.07) is 4.74. The molecule has 0 aliphatic carbocycles. The molecule has 0 bridgehead atoms. The highest BCUT2D eigenvalue weighted by atomic mass is 19.1. The van der Waals surface area contributed by atoms with Crippen LogP contribution in [0.3, 0.4) is 0 Å². The van der Waals surface area contributed by atoms with Crippen LogP contribution in [0.5, 0.6) is 5.75 Å². The number of carbonyl (C=O) groups excluding carboxylic acids is 2. The Balaban J connectivity index is 1.93. The van der Waals surface area contributed by atoms with Gasteiger partial charge in [-0.3, -0.25) is 14.5 Å². The van der Waals surface area contributed by atoms with E-state index in [-0.39, 0.29) is 29.6 Å². The molecule has 0 saturated carbocycles. The van der Waals surface area contributed by atoms with Gasteiger partial charge in [-0.1, -0.05) is 20.8 Å². The van der Waals surface area contributed by atoms with Crippen molar-refractivity contribution in [1.82, 2.24) is 4.98 Å². The van der Waals surface area contributed by atoms with Crippen LogP contribution in [0.4, 0.5) is 20.3 Å². The second-order valence-corrected chi connectivity index (χ2v) is 8.69. The van der Waals surface area contributed by atoms with Crippen molar-refractivity contribution in [3.05, 3.63) is 47.2 Å². The van der Waals surface area contributed by atoms with E-state index in [1.165, 1.54) is 17.0 Å². The van der Waals surface area contributed by atoms with Crippen LogP contribution in [0.15, 0.2) is 24.3 Å². The predicted octanol–water partition coefficient (Wildman–Crippen LogP) is 4.36. The number of amides is 2. The summed E-state index contributed by atoms with van der Waals surface area (Å²) < 4.78 is 32.9. The maximum atomic E-state index is 13.6. The molecule has 2 aromatic rings. The minimum absolute atomic E-state index is 0.0591. The van der Waals surface area contributed by atoms with Gasteiger partial charge >= 0.3 is 0 Å². The number of fused-ring (bicyclic) bond motifs is 1. The lowest BCUT2D eigenvalue weighted by molar-refractivity contribution is -0.125. The highest BCUT2D eigenvalue weighted by Crippen LogP contribution is 2.37. The number of benzene rings is 1. The molecule has 1 aliphatic rings. The van der Waals surface area contributed by atoms with Crippen molar-refractivity contribution in [2.75, 3.05) is 10.2 Å². The van der Waals surface area contributed by atoms with Gasteiger partial charge in [-0.05, 0) is 37.0 Å². The van der Waals surface area contributed by atoms with E-state index in [1.54, 1.807) is 19.9 Å². The van der Waals surface area contributed by atoms with E-state index < -0.39 is 17.7 Å². The summed E-state index contributed by atoms with van der Waals surface area (Å²) in [5.41, 5.74) is 1.11. The topological polar surface area (TPSA) is 71.5 Å². The standard InChI is InChI=1S/C22H25F2N3O3/c1-12-17(26-19(28)10-22(3,4)5)9-18-20(25-12)27(21(29)13(2)30-18)11-14-6-15(23)8-16(24)7-14/h6-9,13H,10-11H2,1-5H3,(H,26,28). The first kappa shape index (κ1) is 21.7. The number of hydrogen-bond acceptors (Lipinski definition) is 4. The van der Waals surface area contributed by atoms with Gasteiger partial charge in [-0.25, -0.2) is 13.8 Å². The molecule has 6 nitrogen and oxygen atoms in total. The molecule has 0 spiro atoms. The molecule has 160 valence electrons. The minimum Gasteiger partial charge on any atom is -0.477 e. The third kappa shape index (κ3) is 4.93. The number of anilines is 2. The Hall–Kier alpha value is -3.03. The molecule has 0 saturated heterocycles. The van der Waals surface area contributed by atoms with Gasteiger partial charge < -0.3 is 10.1 Å². The number of hydrogen-bond donors (Lipinski definition) is 1. The zero-order chi connectivity index (χ0) is 22.2. The number of nitrogens with one attached hydrogen (secondary N) is 1. The smallest absolute Gasteiger partial charge is 0.269 e. The molecule has 1 atom stereocenters. The van der Waals surface area contributed by atoms with Crippen molar-refractivity contribution in [3.63, 3.8) is 0 Å². The third-order valence-electron chi connectivity index (χ3n) is 4.56. The first-order valence-electron chi connectivity index (χ1n) is 9.67. The second kappa shape index (κ2) is 8.01. The van der Waals surface area contributed by atoms with Crippen LogP contribution in [-0.2, 0) is 16.1 Å². The summed E-state index contributed by atoms with van der Waals surface area (Å²) in [4.78, 5) is 30.8. The number of aryl methyl sites for hydroxylation is 1. The normalized spacial score (nSPS) is 16.2. The lowest BCUT2D eigenvalue weighted by Crippen LogP contribution is -2.44. The van der Waals surface area contributed by atoms with Crippen LogP contribution in [0.2, 0.25) is 0 Å². The van der Waals surface area contributed by atoms with Gasteiger partial charge in [0.1, 0.15) is 11.6 Å². The second-order valence-electron chi connectivity index (χ2n) is 8.69. The molecule has 1 aromatic heterocycles. The van der Waals surface area contributed by atoms with Gasteiger partial charge in [0, 0.05) is 18.6 Å². The van der Waals surface area contributed by atoms with E-state index in [4.69, 9.17) is 4.74 Å². The molecular weight excluding hydrogens is 392 g/mol. The quantitative estimate of drug-likeness (QED) is 0.803. The number of aromatic nitrogens is 1. The molecule has 8 heteroatoms. The molecule has 1 N–H and O–H groups in total. The van der Waals surface area contributed by atoms with E-state index >= 15 is 0 Å². The third-order valence-corrected chi connectivity index (χ3v) is 4.56. The van der Waals surface area contributed by atoms with Gasteiger partial charge in [0.05, 0.1) is 17.9 Å². The Morgan fingerprint density at radius 2 is 1.83 bits per heavy atom. The average Bonchev–Trinajstić information content (AvgIpc) is 2.58. The molecule has 0 fully saturated rings. The summed E-state index contributed by atoms with van der Waals surface area (Å²) in [5.74, 6) is -1.41. The number of pyridine rings is 1. The number of halogens is 2. The summed E-state index contributed by atoms with van der Waals surface area (Å²) in [6.45, 7) is 9.13. The van der Waals surface area contributed by atoms with Gasteiger partial charge in [0.2, 0.25) is 5.91 Å². The lowest BCUT2D eigenvalue weighted by Gasteiger charge is -2.32. The van der Waals surface area contributed by atoms with E-state index in [0.717, 1.165) is 6.07 Å². The zero-order valence-corrected chi connectivity index (χ0v) is 17.7. The summed E-state index contributed by atoms with van der Waals surface area (Å²) in [6.07, 6.45) is -0.477. The molecule has 0 radical (unpaired) electrons. The fourth-order valence-electron chi connectivity index (χ4n) is 3.26. The highest BCUT2D eigenvalue weighted by Gasteiger charge is 2.34. The van der Waals surface area contributed by atoms with Crippen LogP contribution >= 0.6 is 0 Å². The maximum Gasteiger partial charge on any atom is 0.269 e. The van der Waals surface area contributed by atoms with E-state index in [0.29, 0.717) is 29.1 Å². The van der Waals surface area contributed by atoms with Gasteiger partial charge in [0.25, 0.3) is 5.91 Å². The van der Waals surface area contributed by atoms with E-state index in [1.807, 2.05) is 20.8 Å². The summed E-state index contributed by atoms with van der Waals surface area (Å²) in [7, 11) is 0. The Kier molecular flexibility index (Phi) is 5.78. The van der Waals surface area contributed by atoms with Crippen molar-refractivity contribution in [3.8, 4) is 5.75 Å². The predicted molar refractivity (Wildman–Crippen MR) is 109 cm³/mol. The van der Waals surface area contributed by atoms with Gasteiger partial charge in [0.15, 0.2) is 17.7 Å². The number of nitrogens with zero attached hydrogens (tertiary/aromatic N) is 2. The summed E-state index contributed by atoms with van der Waals surface area (Å²) >= 11 is 0. The SMILES string of the molecule is Cc1nc2c(cc1NC(=O)CC(C)(C)C)OC(C)C(=O)N2Cc1cc(F)cc(F)c1. The molecule has 3 rings (SSSR count). The fourth-order valence-corrected chi connectivity index (χ4v) is 3.26. The van der Waals surface area contributed by atoms with E-state index in [2.05, 4.69) is 10.3 Å². The number of carbonyl (C=O) groups is 2. The average molecular weight is 417 g/mol. The van der Waals surface area contributed by atoms with Crippen LogP contribution in [-0.4, -0.2) is 22.9 Å². The Labute approximate surface area is 174 Å². The molecule has 30 heavy (non-hydrogen) atoms. The van der Waals surface area contributed by atoms with Crippen LogP contribution in [0.1, 0.15) is 45.4 Å². The van der Waals surface area contributed by atoms with Crippen molar-refractivity contribution < 1.29 is 23.1 Å².